The lowest BCUT2D eigenvalue weighted by atomic mass is 9.64. The van der Waals surface area contributed by atoms with E-state index in [1.54, 1.807) is 0 Å². The molecule has 0 aromatic carbocycles. The van der Waals surface area contributed by atoms with Crippen molar-refractivity contribution in [2.45, 2.75) is 92.9 Å². The molecule has 6 nitrogen and oxygen atoms in total. The average molecular weight is 459 g/mol. The van der Waals surface area contributed by atoms with Gasteiger partial charge in [-0.1, -0.05) is 20.8 Å². The van der Waals surface area contributed by atoms with Crippen molar-refractivity contribution in [2.75, 3.05) is 27.4 Å². The van der Waals surface area contributed by atoms with Crippen molar-refractivity contribution in [3.8, 4) is 0 Å². The fraction of sp³-hybridized carbons (Fsp3) is 0.923. The van der Waals surface area contributed by atoms with Gasteiger partial charge in [-0.3, -0.25) is 9.59 Å². The molecule has 0 heterocycles. The van der Waals surface area contributed by atoms with E-state index >= 15 is 0 Å². The van der Waals surface area contributed by atoms with E-state index in [4.69, 9.17) is 9.47 Å². The van der Waals surface area contributed by atoms with Crippen LogP contribution in [0.3, 0.4) is 0 Å². The summed E-state index contributed by atoms with van der Waals surface area (Å²) in [7, 11) is 2.85. The second-order valence-electron chi connectivity index (χ2n) is 11.9. The first-order valence-corrected chi connectivity index (χ1v) is 12.1. The van der Waals surface area contributed by atoms with Crippen molar-refractivity contribution >= 4 is 11.9 Å². The molecule has 2 fully saturated rings. The first-order chi connectivity index (χ1) is 14.7. The van der Waals surface area contributed by atoms with E-state index < -0.39 is 10.8 Å². The van der Waals surface area contributed by atoms with Gasteiger partial charge in [0.2, 0.25) is 0 Å². The van der Waals surface area contributed by atoms with Crippen LogP contribution < -0.4 is 0 Å². The SMILES string of the molecule is CC1(CO)CCC(C(C)(C)CO)CC1.COC(=O)C1(C)CCC(C(C)(C)C(=O)OC)CC1.[HH]. The normalized spacial score (nSPS) is 31.2. The first kappa shape index (κ1) is 28.9. The minimum absolute atomic E-state index is 0. The summed E-state index contributed by atoms with van der Waals surface area (Å²) in [6.45, 7) is 12.8. The third-order valence-electron chi connectivity index (χ3n) is 8.59. The molecule has 0 spiro atoms. The van der Waals surface area contributed by atoms with Gasteiger partial charge in [0, 0.05) is 14.6 Å². The Morgan fingerprint density at radius 2 is 1.34 bits per heavy atom. The van der Waals surface area contributed by atoms with E-state index in [9.17, 15) is 19.8 Å². The van der Waals surface area contributed by atoms with Crippen LogP contribution in [0.4, 0.5) is 0 Å². The Morgan fingerprint density at radius 3 is 1.72 bits per heavy atom. The van der Waals surface area contributed by atoms with Crippen LogP contribution >= 0.6 is 0 Å². The molecule has 2 aliphatic carbocycles. The monoisotopic (exact) mass is 458 g/mol. The van der Waals surface area contributed by atoms with Crippen molar-refractivity contribution in [3.63, 3.8) is 0 Å². The molecule has 0 bridgehead atoms. The van der Waals surface area contributed by atoms with Gasteiger partial charge in [0.25, 0.3) is 0 Å². The number of ether oxygens (including phenoxy) is 2. The maximum absolute atomic E-state index is 11.8. The summed E-state index contributed by atoms with van der Waals surface area (Å²) in [5.74, 6) is 0.570. The highest BCUT2D eigenvalue weighted by Crippen LogP contribution is 2.46. The molecule has 0 aliphatic heterocycles. The molecule has 2 N–H and O–H groups in total. The van der Waals surface area contributed by atoms with Crippen LogP contribution in [-0.4, -0.2) is 49.6 Å². The van der Waals surface area contributed by atoms with Gasteiger partial charge in [-0.15, -0.1) is 0 Å². The van der Waals surface area contributed by atoms with Crippen LogP contribution in [-0.2, 0) is 19.1 Å². The van der Waals surface area contributed by atoms with E-state index in [2.05, 4.69) is 20.8 Å². The maximum Gasteiger partial charge on any atom is 0.311 e. The van der Waals surface area contributed by atoms with E-state index in [0.29, 0.717) is 12.5 Å². The van der Waals surface area contributed by atoms with Crippen LogP contribution in [0, 0.1) is 33.5 Å². The van der Waals surface area contributed by atoms with Gasteiger partial charge in [-0.2, -0.15) is 0 Å². The van der Waals surface area contributed by atoms with Gasteiger partial charge < -0.3 is 19.7 Å². The standard InChI is InChI=1S/C14H24O4.C12H24O2.H2/c1-13(2,11(15)17-4)10-6-8-14(3,9-7-10)12(16)18-5;1-11(2,8-13)10-4-6-12(3,9-14)7-5-10;/h10H,6-9H2,1-5H3;10,13-14H,4-9H2,1-3H3;1H. The van der Waals surface area contributed by atoms with E-state index in [-0.39, 0.29) is 36.7 Å². The largest absolute Gasteiger partial charge is 0.469 e. The van der Waals surface area contributed by atoms with Crippen molar-refractivity contribution in [1.82, 2.24) is 0 Å². The number of rotatable bonds is 6. The van der Waals surface area contributed by atoms with E-state index in [0.717, 1.165) is 51.4 Å². The molecule has 6 heteroatoms. The van der Waals surface area contributed by atoms with Gasteiger partial charge in [0.1, 0.15) is 0 Å². The highest BCUT2D eigenvalue weighted by molar-refractivity contribution is 5.77. The molecule has 190 valence electrons. The molecular weight excluding hydrogens is 408 g/mol. The minimum Gasteiger partial charge on any atom is -0.469 e. The molecule has 0 aromatic rings. The Bertz CT molecular complexity index is 614. The first-order valence-electron chi connectivity index (χ1n) is 12.1. The number of esters is 2. The molecule has 2 saturated carbocycles. The molecular formula is C26H50O6. The van der Waals surface area contributed by atoms with Crippen LogP contribution in [0.1, 0.15) is 94.3 Å². The lowest BCUT2D eigenvalue weighted by Gasteiger charge is -2.42. The fourth-order valence-electron chi connectivity index (χ4n) is 5.24. The van der Waals surface area contributed by atoms with Gasteiger partial charge in [-0.25, -0.2) is 0 Å². The summed E-state index contributed by atoms with van der Waals surface area (Å²) >= 11 is 0. The third kappa shape index (κ3) is 6.93. The molecule has 0 aromatic heterocycles. The summed E-state index contributed by atoms with van der Waals surface area (Å²) in [5.41, 5.74) is -0.678. The summed E-state index contributed by atoms with van der Waals surface area (Å²) in [6.07, 6.45) is 7.72. The van der Waals surface area contributed by atoms with Crippen molar-refractivity contribution < 1.29 is 30.7 Å². The molecule has 0 atom stereocenters. The number of methoxy groups -OCH3 is 2. The smallest absolute Gasteiger partial charge is 0.311 e. The highest BCUT2D eigenvalue weighted by atomic mass is 16.5. The molecule has 0 saturated heterocycles. The summed E-state index contributed by atoms with van der Waals surface area (Å²) in [5, 5.41) is 18.5. The Labute approximate surface area is 196 Å². The number of aliphatic hydroxyl groups is 2. The highest BCUT2D eigenvalue weighted by Gasteiger charge is 2.45. The Balaban J connectivity index is 0.000000620. The lowest BCUT2D eigenvalue weighted by molar-refractivity contribution is -0.159. The second kappa shape index (κ2) is 11.3. The predicted octanol–water partition coefficient (Wildman–Crippen LogP) is 4.99. The van der Waals surface area contributed by atoms with Crippen LogP contribution in [0.15, 0.2) is 0 Å². The van der Waals surface area contributed by atoms with Crippen LogP contribution in [0.2, 0.25) is 0 Å². The summed E-state index contributed by atoms with van der Waals surface area (Å²) in [4.78, 5) is 23.5. The van der Waals surface area contributed by atoms with E-state index in [1.807, 2.05) is 20.8 Å². The molecule has 2 aliphatic rings. The summed E-state index contributed by atoms with van der Waals surface area (Å²) in [6, 6.07) is 0. The molecule has 0 unspecified atom stereocenters. The summed E-state index contributed by atoms with van der Waals surface area (Å²) < 4.78 is 9.71. The molecule has 0 radical (unpaired) electrons. The van der Waals surface area contributed by atoms with Gasteiger partial charge in [0.05, 0.1) is 25.0 Å². The zero-order valence-corrected chi connectivity index (χ0v) is 21.8. The topological polar surface area (TPSA) is 93.1 Å². The Hall–Kier alpha value is -1.14. The number of hydrogen-bond acceptors (Lipinski definition) is 6. The number of carbonyl (C=O) groups excluding carboxylic acids is 2. The fourth-order valence-corrected chi connectivity index (χ4v) is 5.24. The van der Waals surface area contributed by atoms with Gasteiger partial charge in [0.15, 0.2) is 0 Å². The number of aliphatic hydroxyl groups excluding tert-OH is 2. The Morgan fingerprint density at radius 1 is 0.875 bits per heavy atom. The molecule has 0 amide bonds. The molecule has 2 rings (SSSR count). The number of hydrogen-bond donors (Lipinski definition) is 2. The minimum atomic E-state index is -0.480. The van der Waals surface area contributed by atoms with Crippen LogP contribution in [0.5, 0.6) is 0 Å². The second-order valence-corrected chi connectivity index (χ2v) is 11.9. The number of carbonyl (C=O) groups is 2. The average Bonchev–Trinajstić information content (AvgIpc) is 2.78. The maximum atomic E-state index is 11.8. The Kier molecular flexibility index (Phi) is 10.2. The van der Waals surface area contributed by atoms with E-state index in [1.165, 1.54) is 14.2 Å². The van der Waals surface area contributed by atoms with Crippen molar-refractivity contribution in [3.05, 3.63) is 0 Å². The van der Waals surface area contributed by atoms with Gasteiger partial charge >= 0.3 is 11.9 Å². The quantitative estimate of drug-likeness (QED) is 0.544. The third-order valence-corrected chi connectivity index (χ3v) is 8.59. The lowest BCUT2D eigenvalue weighted by Crippen LogP contribution is -2.41. The molecule has 32 heavy (non-hydrogen) atoms. The van der Waals surface area contributed by atoms with Crippen molar-refractivity contribution in [2.24, 2.45) is 33.5 Å². The predicted molar refractivity (Wildman–Crippen MR) is 128 cm³/mol. The van der Waals surface area contributed by atoms with Gasteiger partial charge in [-0.05, 0) is 94.8 Å². The zero-order valence-electron chi connectivity index (χ0n) is 21.8. The van der Waals surface area contributed by atoms with Crippen molar-refractivity contribution in [1.29, 1.82) is 0 Å². The zero-order chi connectivity index (χ0) is 24.8. The van der Waals surface area contributed by atoms with Crippen LogP contribution in [0.25, 0.3) is 0 Å².